The van der Waals surface area contributed by atoms with Gasteiger partial charge in [-0.3, -0.25) is 0 Å². The lowest BCUT2D eigenvalue weighted by atomic mass is 9.96. The van der Waals surface area contributed by atoms with Gasteiger partial charge in [-0.15, -0.1) is 0 Å². The summed E-state index contributed by atoms with van der Waals surface area (Å²) in [5.74, 6) is -0.468. The normalized spacial score (nSPS) is 19.2. The molecule has 33 heavy (non-hydrogen) atoms. The second-order valence-corrected chi connectivity index (χ2v) is 9.01. The zero-order chi connectivity index (χ0) is 23.0. The monoisotopic (exact) mass is 456 g/mol. The Morgan fingerprint density at radius 3 is 2.24 bits per heavy atom. The van der Waals surface area contributed by atoms with Crippen molar-refractivity contribution in [2.75, 3.05) is 17.1 Å². The van der Waals surface area contributed by atoms with Crippen LogP contribution in [0.15, 0.2) is 89.1 Å². The van der Waals surface area contributed by atoms with Crippen LogP contribution in [0.1, 0.15) is 30.0 Å². The van der Waals surface area contributed by atoms with Crippen LogP contribution in [-0.2, 0) is 14.5 Å². The van der Waals surface area contributed by atoms with Crippen molar-refractivity contribution in [3.63, 3.8) is 0 Å². The Kier molecular flexibility index (Phi) is 5.42. The minimum Gasteiger partial charge on any atom is -0.464 e. The van der Waals surface area contributed by atoms with Crippen molar-refractivity contribution in [2.45, 2.75) is 25.3 Å². The maximum atomic E-state index is 12.7. The molecule has 3 aromatic rings. The van der Waals surface area contributed by atoms with Crippen LogP contribution in [-0.4, -0.2) is 23.8 Å². The van der Waals surface area contributed by atoms with Gasteiger partial charge in [0, 0.05) is 11.1 Å². The zero-order valence-electron chi connectivity index (χ0n) is 18.7. The highest BCUT2D eigenvalue weighted by Gasteiger charge is 2.56. The van der Waals surface area contributed by atoms with Gasteiger partial charge in [-0.05, 0) is 49.4 Å². The van der Waals surface area contributed by atoms with Gasteiger partial charge in [0.15, 0.2) is 0 Å². The van der Waals surface area contributed by atoms with Gasteiger partial charge in [-0.2, -0.15) is 10.2 Å². The van der Waals surface area contributed by atoms with Crippen molar-refractivity contribution in [3.05, 3.63) is 95.6 Å². The first-order chi connectivity index (χ1) is 16.1. The van der Waals surface area contributed by atoms with Gasteiger partial charge >= 0.3 is 5.97 Å². The van der Waals surface area contributed by atoms with Crippen molar-refractivity contribution < 1.29 is 9.53 Å². The van der Waals surface area contributed by atoms with E-state index in [0.29, 0.717) is 0 Å². The maximum Gasteiger partial charge on any atom is 0.365 e. The third-order valence-corrected chi connectivity index (χ3v) is 7.08. The van der Waals surface area contributed by atoms with E-state index in [4.69, 9.17) is 14.9 Å². The molecule has 0 amide bonds. The van der Waals surface area contributed by atoms with E-state index in [0.717, 1.165) is 40.2 Å². The van der Waals surface area contributed by atoms with Gasteiger partial charge in [0.05, 0.1) is 24.2 Å². The first-order valence-electron chi connectivity index (χ1n) is 10.8. The molecule has 7 heteroatoms. The van der Waals surface area contributed by atoms with Crippen molar-refractivity contribution in [2.24, 2.45) is 10.2 Å². The van der Waals surface area contributed by atoms with Crippen molar-refractivity contribution >= 4 is 39.9 Å². The lowest BCUT2D eigenvalue weighted by Crippen LogP contribution is -2.54. The second kappa shape index (κ2) is 8.41. The van der Waals surface area contributed by atoms with Crippen LogP contribution >= 0.6 is 11.8 Å². The fraction of sp³-hybridized carbons (Fsp3) is 0.192. The highest BCUT2D eigenvalue weighted by molar-refractivity contribution is 8.16. The fourth-order valence-corrected chi connectivity index (χ4v) is 5.50. The van der Waals surface area contributed by atoms with E-state index in [9.17, 15) is 4.79 Å². The predicted octanol–water partition coefficient (Wildman–Crippen LogP) is 5.48. The molecule has 1 atom stereocenters. The molecule has 0 saturated heterocycles. The molecule has 1 spiro atoms. The molecular weight excluding hydrogens is 432 g/mol. The lowest BCUT2D eigenvalue weighted by Gasteiger charge is -2.47. The minimum atomic E-state index is -0.935. The summed E-state index contributed by atoms with van der Waals surface area (Å²) in [5.41, 5.74) is 5.97. The zero-order valence-corrected chi connectivity index (χ0v) is 19.5. The topological polar surface area (TPSA) is 57.5 Å². The minimum absolute atomic E-state index is 0.281. The first kappa shape index (κ1) is 21.3. The summed E-state index contributed by atoms with van der Waals surface area (Å²) in [4.78, 5) is 11.8. The number of thioether (sulfide) groups is 1. The number of hydrazone groups is 2. The third-order valence-electron chi connectivity index (χ3n) is 5.79. The molecular formula is C26H24N4O2S. The molecule has 5 rings (SSSR count). The number of anilines is 2. The Bertz CT molecular complexity index is 1260. The molecule has 0 fully saturated rings. The fourth-order valence-electron chi connectivity index (χ4n) is 4.19. The summed E-state index contributed by atoms with van der Waals surface area (Å²) in [6.45, 7) is 4.15. The van der Waals surface area contributed by atoms with Crippen LogP contribution in [0.3, 0.4) is 0 Å². The first-order valence-corrected chi connectivity index (χ1v) is 11.7. The SMILES string of the molecule is CCC1=NN(c2ccccc2)[C@]2(SC(C(=O)OC)=NN2c2ccc(C)cc2)c2ccccc21. The summed E-state index contributed by atoms with van der Waals surface area (Å²) >= 11 is 1.35. The van der Waals surface area contributed by atoms with Crippen LogP contribution in [0.4, 0.5) is 11.4 Å². The summed E-state index contributed by atoms with van der Waals surface area (Å²) in [5, 5.41) is 14.1. The number of carbonyl (C=O) groups is 1. The number of esters is 1. The molecule has 2 aliphatic heterocycles. The third kappa shape index (κ3) is 3.40. The molecule has 0 radical (unpaired) electrons. The molecule has 6 nitrogen and oxygen atoms in total. The highest BCUT2D eigenvalue weighted by atomic mass is 32.2. The quantitative estimate of drug-likeness (QED) is 0.487. The Morgan fingerprint density at radius 1 is 0.909 bits per heavy atom. The van der Waals surface area contributed by atoms with E-state index >= 15 is 0 Å². The average Bonchev–Trinajstić information content (AvgIpc) is 3.26. The van der Waals surface area contributed by atoms with E-state index in [1.807, 2.05) is 83.7 Å². The number of para-hydroxylation sites is 1. The van der Waals surface area contributed by atoms with E-state index in [2.05, 4.69) is 19.1 Å². The Hall–Kier alpha value is -3.58. The molecule has 166 valence electrons. The number of rotatable bonds is 4. The number of hydrogen-bond acceptors (Lipinski definition) is 7. The van der Waals surface area contributed by atoms with E-state index < -0.39 is 11.0 Å². The maximum absolute atomic E-state index is 12.7. The standard InChI is InChI=1S/C26H24N4O2S/c1-4-23-21-12-8-9-13-22(21)26(29(27-23)19-10-6-5-7-11-19)30(20-16-14-18(2)15-17-20)28-24(33-26)25(31)32-3/h5-17H,4H2,1-3H3/t26-/m1/s1. The number of hydrogen-bond donors (Lipinski definition) is 0. The van der Waals surface area contributed by atoms with Gasteiger partial charge in [0.2, 0.25) is 10.0 Å². The van der Waals surface area contributed by atoms with Crippen LogP contribution in [0.2, 0.25) is 0 Å². The molecule has 2 heterocycles. The van der Waals surface area contributed by atoms with Crippen molar-refractivity contribution in [1.82, 2.24) is 0 Å². The van der Waals surface area contributed by atoms with Crippen molar-refractivity contribution in [3.8, 4) is 0 Å². The smallest absolute Gasteiger partial charge is 0.365 e. The highest BCUT2D eigenvalue weighted by Crippen LogP contribution is 2.54. The van der Waals surface area contributed by atoms with Crippen LogP contribution in [0.5, 0.6) is 0 Å². The van der Waals surface area contributed by atoms with Gasteiger partial charge in [-0.25, -0.2) is 14.8 Å². The summed E-state index contributed by atoms with van der Waals surface area (Å²) < 4.78 is 5.07. The Morgan fingerprint density at radius 2 is 1.55 bits per heavy atom. The predicted molar refractivity (Wildman–Crippen MR) is 135 cm³/mol. The van der Waals surface area contributed by atoms with Gasteiger partial charge in [-0.1, -0.05) is 67.1 Å². The Labute approximate surface area is 197 Å². The molecule has 0 N–H and O–H groups in total. The van der Waals surface area contributed by atoms with Crippen molar-refractivity contribution in [1.29, 1.82) is 0 Å². The number of ether oxygens (including phenoxy) is 1. The number of nitrogens with zero attached hydrogens (tertiary/aromatic N) is 4. The summed E-state index contributed by atoms with van der Waals surface area (Å²) in [7, 11) is 1.38. The molecule has 2 aliphatic rings. The lowest BCUT2D eigenvalue weighted by molar-refractivity contribution is -0.132. The average molecular weight is 457 g/mol. The molecule has 0 aliphatic carbocycles. The largest absolute Gasteiger partial charge is 0.464 e. The number of methoxy groups -OCH3 is 1. The molecule has 0 unspecified atom stereocenters. The molecule has 0 aromatic heterocycles. The van der Waals surface area contributed by atoms with Gasteiger partial charge in [0.25, 0.3) is 0 Å². The van der Waals surface area contributed by atoms with Gasteiger partial charge in [0.1, 0.15) is 0 Å². The molecule has 3 aromatic carbocycles. The summed E-state index contributed by atoms with van der Waals surface area (Å²) in [6.07, 6.45) is 0.774. The number of carbonyl (C=O) groups excluding carboxylic acids is 1. The number of fused-ring (bicyclic) bond motifs is 2. The summed E-state index contributed by atoms with van der Waals surface area (Å²) in [6, 6.07) is 26.4. The Balaban J connectivity index is 1.81. The number of benzene rings is 3. The molecule has 0 saturated carbocycles. The van der Waals surface area contributed by atoms with E-state index in [1.54, 1.807) is 0 Å². The van der Waals surface area contributed by atoms with Crippen LogP contribution in [0.25, 0.3) is 0 Å². The van der Waals surface area contributed by atoms with Crippen LogP contribution in [0, 0.1) is 6.92 Å². The van der Waals surface area contributed by atoms with Crippen LogP contribution < -0.4 is 10.0 Å². The number of aryl methyl sites for hydroxylation is 1. The second-order valence-electron chi connectivity index (χ2n) is 7.85. The van der Waals surface area contributed by atoms with E-state index in [1.165, 1.54) is 18.9 Å². The van der Waals surface area contributed by atoms with E-state index in [-0.39, 0.29) is 5.04 Å². The molecule has 0 bridgehead atoms. The van der Waals surface area contributed by atoms with Gasteiger partial charge < -0.3 is 4.74 Å².